The maximum absolute atomic E-state index is 11.7. The van der Waals surface area contributed by atoms with Crippen molar-refractivity contribution in [3.63, 3.8) is 0 Å². The van der Waals surface area contributed by atoms with Crippen LogP contribution < -0.4 is 10.3 Å². The second-order valence-electron chi connectivity index (χ2n) is 3.20. The molecule has 0 aliphatic carbocycles. The van der Waals surface area contributed by atoms with Crippen LogP contribution in [-0.2, 0) is 6.54 Å². The topological polar surface area (TPSA) is 47.0 Å². The third kappa shape index (κ3) is 2.41. The Morgan fingerprint density at radius 3 is 2.67 bits per heavy atom. The van der Waals surface area contributed by atoms with Crippen molar-refractivity contribution < 1.29 is 9.36 Å². The maximum Gasteiger partial charge on any atom is 0.237 e. The first-order chi connectivity index (χ1) is 7.25. The lowest BCUT2D eigenvalue weighted by molar-refractivity contribution is -0.683. The zero-order chi connectivity index (χ0) is 10.7. The van der Waals surface area contributed by atoms with Crippen molar-refractivity contribution in [3.05, 3.63) is 46.9 Å². The van der Waals surface area contributed by atoms with E-state index in [0.717, 1.165) is 4.88 Å². The summed E-state index contributed by atoms with van der Waals surface area (Å²) < 4.78 is 1.82. The third-order valence-electron chi connectivity index (χ3n) is 2.04. The van der Waals surface area contributed by atoms with Gasteiger partial charge in [-0.15, -0.1) is 11.3 Å². The van der Waals surface area contributed by atoms with Crippen LogP contribution in [0.3, 0.4) is 0 Å². The summed E-state index contributed by atoms with van der Waals surface area (Å²) in [5.41, 5.74) is 6.26. The van der Waals surface area contributed by atoms with Gasteiger partial charge in [-0.2, -0.15) is 4.57 Å². The summed E-state index contributed by atoms with van der Waals surface area (Å²) >= 11 is 1.47. The number of Topliss-reactive ketones (excluding diaryl/α,β-unsaturated/α-hetero) is 1. The van der Waals surface area contributed by atoms with Gasteiger partial charge in [-0.25, -0.2) is 0 Å². The molecule has 0 radical (unpaired) electrons. The normalized spacial score (nSPS) is 10.1. The lowest BCUT2D eigenvalue weighted by Gasteiger charge is -1.95. The van der Waals surface area contributed by atoms with E-state index in [-0.39, 0.29) is 5.78 Å². The van der Waals surface area contributed by atoms with Crippen molar-refractivity contribution in [3.8, 4) is 0 Å². The number of aromatic nitrogens is 1. The molecule has 0 aromatic carbocycles. The van der Waals surface area contributed by atoms with Crippen LogP contribution in [0.4, 0.5) is 5.69 Å². The summed E-state index contributed by atoms with van der Waals surface area (Å²) in [6.45, 7) is 0.362. The Bertz CT molecular complexity index is 448. The highest BCUT2D eigenvalue weighted by Crippen LogP contribution is 2.09. The monoisotopic (exact) mass is 219 g/mol. The number of thiophene rings is 1. The Hall–Kier alpha value is -1.68. The van der Waals surface area contributed by atoms with Gasteiger partial charge in [0.15, 0.2) is 12.4 Å². The van der Waals surface area contributed by atoms with Crippen molar-refractivity contribution >= 4 is 22.8 Å². The average Bonchev–Trinajstić information content (AvgIpc) is 2.74. The number of carbonyl (C=O) groups excluding carboxylic acids is 1. The highest BCUT2D eigenvalue weighted by Gasteiger charge is 2.12. The summed E-state index contributed by atoms with van der Waals surface area (Å²) in [5.74, 6) is 0.125. The lowest BCUT2D eigenvalue weighted by Crippen LogP contribution is -2.36. The fraction of sp³-hybridized carbons (Fsp3) is 0.0909. The van der Waals surface area contributed by atoms with E-state index in [1.165, 1.54) is 11.3 Å². The first-order valence-electron chi connectivity index (χ1n) is 4.57. The van der Waals surface area contributed by atoms with Gasteiger partial charge in [-0.1, -0.05) is 6.07 Å². The number of carbonyl (C=O) groups is 1. The largest absolute Gasteiger partial charge is 0.398 e. The van der Waals surface area contributed by atoms with Crippen molar-refractivity contribution in [2.45, 2.75) is 6.54 Å². The number of anilines is 1. The molecule has 2 heterocycles. The van der Waals surface area contributed by atoms with Crippen LogP contribution in [0.5, 0.6) is 0 Å². The number of ketones is 1. The predicted octanol–water partition coefficient (Wildman–Crippen LogP) is 1.50. The van der Waals surface area contributed by atoms with Gasteiger partial charge in [-0.3, -0.25) is 4.79 Å². The molecule has 4 heteroatoms. The Balaban J connectivity index is 2.09. The highest BCUT2D eigenvalue weighted by atomic mass is 32.1. The molecule has 15 heavy (non-hydrogen) atoms. The van der Waals surface area contributed by atoms with E-state index in [0.29, 0.717) is 12.2 Å². The minimum Gasteiger partial charge on any atom is -0.398 e. The fourth-order valence-electron chi connectivity index (χ4n) is 1.26. The lowest BCUT2D eigenvalue weighted by atomic mass is 10.3. The molecule has 0 aliphatic heterocycles. The minimum atomic E-state index is 0.125. The molecular weight excluding hydrogens is 208 g/mol. The number of pyridine rings is 1. The second-order valence-corrected chi connectivity index (χ2v) is 4.15. The number of rotatable bonds is 3. The molecule has 3 nitrogen and oxygen atoms in total. The smallest absolute Gasteiger partial charge is 0.237 e. The van der Waals surface area contributed by atoms with Crippen LogP contribution in [0.1, 0.15) is 9.67 Å². The van der Waals surface area contributed by atoms with Crippen molar-refractivity contribution in [2.75, 3.05) is 5.73 Å². The van der Waals surface area contributed by atoms with E-state index in [1.807, 2.05) is 22.1 Å². The number of hydrogen-bond donors (Lipinski definition) is 1. The molecule has 0 saturated carbocycles. The predicted molar refractivity (Wildman–Crippen MR) is 59.7 cm³/mol. The molecule has 2 aromatic heterocycles. The molecule has 0 bridgehead atoms. The Morgan fingerprint density at radius 2 is 2.07 bits per heavy atom. The van der Waals surface area contributed by atoms with E-state index in [1.54, 1.807) is 24.5 Å². The summed E-state index contributed by atoms with van der Waals surface area (Å²) in [5, 5.41) is 1.90. The SMILES string of the molecule is Nc1cc[n+](CC(=O)c2cccs2)cc1. The van der Waals surface area contributed by atoms with Gasteiger partial charge in [0.1, 0.15) is 0 Å². The van der Waals surface area contributed by atoms with Crippen LogP contribution in [0.15, 0.2) is 42.0 Å². The molecule has 2 rings (SSSR count). The fourth-order valence-corrected chi connectivity index (χ4v) is 1.91. The molecule has 76 valence electrons. The van der Waals surface area contributed by atoms with Crippen molar-refractivity contribution in [1.29, 1.82) is 0 Å². The van der Waals surface area contributed by atoms with Gasteiger partial charge >= 0.3 is 0 Å². The summed E-state index contributed by atoms with van der Waals surface area (Å²) in [6, 6.07) is 7.28. The summed E-state index contributed by atoms with van der Waals surface area (Å²) in [7, 11) is 0. The third-order valence-corrected chi connectivity index (χ3v) is 2.95. The van der Waals surface area contributed by atoms with E-state index in [4.69, 9.17) is 5.73 Å². The quantitative estimate of drug-likeness (QED) is 0.628. The van der Waals surface area contributed by atoms with Crippen LogP contribution in [0.25, 0.3) is 0 Å². The molecule has 0 amide bonds. The van der Waals surface area contributed by atoms with Crippen LogP contribution in [0, 0.1) is 0 Å². The molecule has 0 spiro atoms. The number of nitrogen functional groups attached to an aromatic ring is 1. The Labute approximate surface area is 91.8 Å². The van der Waals surface area contributed by atoms with Gasteiger partial charge in [0, 0.05) is 17.8 Å². The van der Waals surface area contributed by atoms with Gasteiger partial charge in [0.2, 0.25) is 12.3 Å². The van der Waals surface area contributed by atoms with Crippen molar-refractivity contribution in [1.82, 2.24) is 0 Å². The van der Waals surface area contributed by atoms with Gasteiger partial charge in [0.25, 0.3) is 0 Å². The summed E-state index contributed by atoms with van der Waals surface area (Å²) in [6.07, 6.45) is 3.61. The second kappa shape index (κ2) is 4.23. The number of nitrogens with zero attached hydrogens (tertiary/aromatic N) is 1. The molecular formula is C11H11N2OS+. The first kappa shape index (κ1) is 9.86. The number of hydrogen-bond acceptors (Lipinski definition) is 3. The van der Waals surface area contributed by atoms with E-state index in [2.05, 4.69) is 0 Å². The Kier molecular flexibility index (Phi) is 2.78. The van der Waals surface area contributed by atoms with Gasteiger partial charge in [-0.05, 0) is 11.4 Å². The standard InChI is InChI=1S/C11H10N2OS/c12-9-3-5-13(6-4-9)8-10(14)11-2-1-7-15-11/h1-7,12H,8H2/p+1. The molecule has 0 atom stereocenters. The van der Waals surface area contributed by atoms with Gasteiger partial charge < -0.3 is 5.73 Å². The van der Waals surface area contributed by atoms with Crippen LogP contribution >= 0.6 is 11.3 Å². The van der Waals surface area contributed by atoms with Crippen molar-refractivity contribution in [2.24, 2.45) is 0 Å². The van der Waals surface area contributed by atoms with Crippen LogP contribution in [0.2, 0.25) is 0 Å². The minimum absolute atomic E-state index is 0.125. The van der Waals surface area contributed by atoms with Crippen LogP contribution in [-0.4, -0.2) is 5.78 Å². The molecule has 0 unspecified atom stereocenters. The molecule has 0 aliphatic rings. The van der Waals surface area contributed by atoms with E-state index < -0.39 is 0 Å². The maximum atomic E-state index is 11.7. The number of nitrogens with two attached hydrogens (primary N) is 1. The van der Waals surface area contributed by atoms with E-state index >= 15 is 0 Å². The molecule has 2 N–H and O–H groups in total. The molecule has 0 fully saturated rings. The Morgan fingerprint density at radius 1 is 1.33 bits per heavy atom. The molecule has 2 aromatic rings. The summed E-state index contributed by atoms with van der Waals surface area (Å²) in [4.78, 5) is 12.5. The molecule has 0 saturated heterocycles. The average molecular weight is 219 g/mol. The van der Waals surface area contributed by atoms with Gasteiger partial charge in [0.05, 0.1) is 4.88 Å². The highest BCUT2D eigenvalue weighted by molar-refractivity contribution is 7.12. The zero-order valence-electron chi connectivity index (χ0n) is 8.09. The first-order valence-corrected chi connectivity index (χ1v) is 5.45. The zero-order valence-corrected chi connectivity index (χ0v) is 8.91. The van der Waals surface area contributed by atoms with E-state index in [9.17, 15) is 4.79 Å².